The van der Waals surface area contributed by atoms with Crippen molar-refractivity contribution in [2.75, 3.05) is 18.2 Å². The number of thioether (sulfide) groups is 1. The Hall–Kier alpha value is -2.12. The Labute approximate surface area is 150 Å². The summed E-state index contributed by atoms with van der Waals surface area (Å²) in [5, 5.41) is 3.71. The molecule has 1 aliphatic rings. The van der Waals surface area contributed by atoms with Crippen LogP contribution in [0.2, 0.25) is 0 Å². The highest BCUT2D eigenvalue weighted by Crippen LogP contribution is 2.37. The van der Waals surface area contributed by atoms with Crippen LogP contribution >= 0.6 is 11.8 Å². The van der Waals surface area contributed by atoms with Gasteiger partial charge in [0.05, 0.1) is 12.1 Å². The SMILES string of the molecule is COCc1ccc(Nc2ccc(F)c([C@]3(C)CCSC(N)=N3)c2)nc1. The summed E-state index contributed by atoms with van der Waals surface area (Å²) in [6.07, 6.45) is 2.49. The topological polar surface area (TPSA) is 72.5 Å². The Morgan fingerprint density at radius 1 is 1.36 bits per heavy atom. The number of benzene rings is 1. The maximum Gasteiger partial charge on any atom is 0.154 e. The molecule has 0 radical (unpaired) electrons. The molecule has 0 bridgehead atoms. The quantitative estimate of drug-likeness (QED) is 0.849. The van der Waals surface area contributed by atoms with E-state index in [-0.39, 0.29) is 5.82 Å². The van der Waals surface area contributed by atoms with Crippen molar-refractivity contribution in [3.05, 3.63) is 53.5 Å². The zero-order valence-electron chi connectivity index (χ0n) is 14.3. The van der Waals surface area contributed by atoms with E-state index in [1.165, 1.54) is 17.8 Å². The van der Waals surface area contributed by atoms with Gasteiger partial charge in [0.15, 0.2) is 5.17 Å². The number of aliphatic imine (C=N–C) groups is 1. The molecular weight excluding hydrogens is 339 g/mol. The molecule has 7 heteroatoms. The smallest absolute Gasteiger partial charge is 0.154 e. The zero-order valence-corrected chi connectivity index (χ0v) is 15.1. The van der Waals surface area contributed by atoms with E-state index in [1.54, 1.807) is 25.4 Å². The largest absolute Gasteiger partial charge is 0.380 e. The van der Waals surface area contributed by atoms with Gasteiger partial charge in [0.1, 0.15) is 11.6 Å². The summed E-state index contributed by atoms with van der Waals surface area (Å²) < 4.78 is 19.5. The first kappa shape index (κ1) is 17.7. The van der Waals surface area contributed by atoms with Crippen LogP contribution in [0.5, 0.6) is 0 Å². The van der Waals surface area contributed by atoms with E-state index >= 15 is 0 Å². The maximum atomic E-state index is 14.4. The average Bonchev–Trinajstić information content (AvgIpc) is 2.58. The minimum Gasteiger partial charge on any atom is -0.380 e. The van der Waals surface area contributed by atoms with Crippen LogP contribution in [0.15, 0.2) is 41.5 Å². The molecule has 0 unspecified atom stereocenters. The Balaban J connectivity index is 1.85. The summed E-state index contributed by atoms with van der Waals surface area (Å²) in [5.74, 6) is 1.23. The number of rotatable bonds is 5. The number of halogens is 1. The van der Waals surface area contributed by atoms with Gasteiger partial charge in [-0.25, -0.2) is 9.37 Å². The van der Waals surface area contributed by atoms with Crippen molar-refractivity contribution in [2.45, 2.75) is 25.5 Å². The standard InChI is InChI=1S/C18H21FN4OS/c1-18(7-8-25-17(20)23-18)14-9-13(4-5-15(14)19)22-16-6-3-12(10-21-16)11-24-2/h3-6,9-10H,7-8,11H2,1-2H3,(H2,20,23)(H,21,22)/t18-/m0/s1. The number of anilines is 2. The van der Waals surface area contributed by atoms with Crippen molar-refractivity contribution in [2.24, 2.45) is 10.7 Å². The molecule has 1 atom stereocenters. The fraction of sp³-hybridized carbons (Fsp3) is 0.333. The fourth-order valence-electron chi connectivity index (χ4n) is 2.79. The van der Waals surface area contributed by atoms with Crippen LogP contribution < -0.4 is 11.1 Å². The van der Waals surface area contributed by atoms with Gasteiger partial charge in [-0.15, -0.1) is 0 Å². The average molecular weight is 360 g/mol. The molecule has 1 aromatic heterocycles. The van der Waals surface area contributed by atoms with Crippen molar-refractivity contribution in [3.63, 3.8) is 0 Å². The van der Waals surface area contributed by atoms with Gasteiger partial charge in [0.25, 0.3) is 0 Å². The molecule has 0 amide bonds. The Morgan fingerprint density at radius 3 is 2.88 bits per heavy atom. The summed E-state index contributed by atoms with van der Waals surface area (Å²) in [6, 6.07) is 8.74. The molecule has 0 spiro atoms. The van der Waals surface area contributed by atoms with Gasteiger partial charge >= 0.3 is 0 Å². The van der Waals surface area contributed by atoms with Crippen LogP contribution in [0.3, 0.4) is 0 Å². The second-order valence-corrected chi connectivity index (χ2v) is 7.24. The number of aromatic nitrogens is 1. The van der Waals surface area contributed by atoms with Gasteiger partial charge in [-0.1, -0.05) is 17.8 Å². The summed E-state index contributed by atoms with van der Waals surface area (Å²) in [6.45, 7) is 2.43. The summed E-state index contributed by atoms with van der Waals surface area (Å²) in [4.78, 5) is 8.84. The Morgan fingerprint density at radius 2 is 2.20 bits per heavy atom. The van der Waals surface area contributed by atoms with Crippen LogP contribution in [0, 0.1) is 5.82 Å². The zero-order chi connectivity index (χ0) is 17.9. The van der Waals surface area contributed by atoms with E-state index in [1.807, 2.05) is 19.1 Å². The van der Waals surface area contributed by atoms with Gasteiger partial charge < -0.3 is 15.8 Å². The molecule has 5 nitrogen and oxygen atoms in total. The van der Waals surface area contributed by atoms with E-state index in [2.05, 4.69) is 15.3 Å². The highest BCUT2D eigenvalue weighted by molar-refractivity contribution is 8.13. The molecular formula is C18H21FN4OS. The van der Waals surface area contributed by atoms with Crippen LogP contribution in [0.1, 0.15) is 24.5 Å². The normalized spacial score (nSPS) is 20.2. The molecule has 3 rings (SSSR count). The van der Waals surface area contributed by atoms with Crippen LogP contribution in [0.25, 0.3) is 0 Å². The molecule has 2 aromatic rings. The molecule has 1 aromatic carbocycles. The van der Waals surface area contributed by atoms with E-state index in [4.69, 9.17) is 10.5 Å². The first-order valence-electron chi connectivity index (χ1n) is 7.99. The van der Waals surface area contributed by atoms with Crippen molar-refractivity contribution in [3.8, 4) is 0 Å². The molecule has 0 fully saturated rings. The predicted octanol–water partition coefficient (Wildman–Crippen LogP) is 3.78. The number of nitrogens with one attached hydrogen (secondary N) is 1. The predicted molar refractivity (Wildman–Crippen MR) is 101 cm³/mol. The van der Waals surface area contributed by atoms with E-state index in [0.717, 1.165) is 23.4 Å². The molecule has 132 valence electrons. The first-order chi connectivity index (χ1) is 12.0. The third kappa shape index (κ3) is 4.11. The molecule has 1 aliphatic heterocycles. The van der Waals surface area contributed by atoms with E-state index < -0.39 is 5.54 Å². The lowest BCUT2D eigenvalue weighted by atomic mass is 9.89. The van der Waals surface area contributed by atoms with E-state index in [9.17, 15) is 4.39 Å². The lowest BCUT2D eigenvalue weighted by molar-refractivity contribution is 0.184. The molecule has 25 heavy (non-hydrogen) atoms. The fourth-order valence-corrected chi connectivity index (χ4v) is 3.77. The lowest BCUT2D eigenvalue weighted by Gasteiger charge is -2.30. The Bertz CT molecular complexity index is 781. The number of hydrogen-bond donors (Lipinski definition) is 2. The van der Waals surface area contributed by atoms with Gasteiger partial charge in [-0.05, 0) is 43.2 Å². The monoisotopic (exact) mass is 360 g/mol. The first-order valence-corrected chi connectivity index (χ1v) is 8.98. The summed E-state index contributed by atoms with van der Waals surface area (Å²) in [5.41, 5.74) is 7.50. The maximum absolute atomic E-state index is 14.4. The van der Waals surface area contributed by atoms with Gasteiger partial charge in [-0.2, -0.15) is 0 Å². The molecule has 3 N–H and O–H groups in total. The summed E-state index contributed by atoms with van der Waals surface area (Å²) in [7, 11) is 1.64. The van der Waals surface area contributed by atoms with Crippen LogP contribution in [-0.2, 0) is 16.9 Å². The number of hydrogen-bond acceptors (Lipinski definition) is 6. The molecule has 0 aliphatic carbocycles. The Kier molecular flexibility index (Phi) is 5.24. The van der Waals surface area contributed by atoms with Crippen molar-refractivity contribution in [1.29, 1.82) is 0 Å². The van der Waals surface area contributed by atoms with Crippen molar-refractivity contribution < 1.29 is 9.13 Å². The van der Waals surface area contributed by atoms with Crippen LogP contribution in [-0.4, -0.2) is 23.0 Å². The molecule has 0 saturated heterocycles. The number of methoxy groups -OCH3 is 1. The van der Waals surface area contributed by atoms with Crippen molar-refractivity contribution >= 4 is 28.4 Å². The van der Waals surface area contributed by atoms with E-state index in [0.29, 0.717) is 23.2 Å². The third-order valence-corrected chi connectivity index (χ3v) is 4.95. The second kappa shape index (κ2) is 7.41. The van der Waals surface area contributed by atoms with Crippen LogP contribution in [0.4, 0.5) is 15.9 Å². The van der Waals surface area contributed by atoms with Crippen molar-refractivity contribution in [1.82, 2.24) is 4.98 Å². The summed E-state index contributed by atoms with van der Waals surface area (Å²) >= 11 is 1.50. The second-order valence-electron chi connectivity index (χ2n) is 6.13. The number of ether oxygens (including phenoxy) is 1. The highest BCUT2D eigenvalue weighted by Gasteiger charge is 2.32. The molecule has 0 saturated carbocycles. The number of nitrogens with zero attached hydrogens (tertiary/aromatic N) is 2. The highest BCUT2D eigenvalue weighted by atomic mass is 32.2. The van der Waals surface area contributed by atoms with Gasteiger partial charge in [-0.3, -0.25) is 4.99 Å². The number of pyridine rings is 1. The molecule has 2 heterocycles. The third-order valence-electron chi connectivity index (χ3n) is 4.15. The van der Waals surface area contributed by atoms with Gasteiger partial charge in [0.2, 0.25) is 0 Å². The minimum atomic E-state index is -0.646. The number of nitrogens with two attached hydrogens (primary N) is 1. The number of amidine groups is 1. The lowest BCUT2D eigenvalue weighted by Crippen LogP contribution is -2.29. The van der Waals surface area contributed by atoms with Gasteiger partial charge in [0, 0.05) is 30.3 Å². The minimum absolute atomic E-state index is 0.278.